The minimum Gasteiger partial charge on any atom is -0.497 e. The highest BCUT2D eigenvalue weighted by atomic mass is 16.5. The molecule has 6 heteroatoms. The van der Waals surface area contributed by atoms with Crippen molar-refractivity contribution < 1.29 is 18.4 Å². The molecule has 3 heterocycles. The van der Waals surface area contributed by atoms with Gasteiger partial charge in [-0.15, -0.1) is 0 Å². The predicted molar refractivity (Wildman–Crippen MR) is 133 cm³/mol. The van der Waals surface area contributed by atoms with E-state index in [1.54, 1.807) is 19.6 Å². The lowest BCUT2D eigenvalue weighted by Gasteiger charge is -2.34. The van der Waals surface area contributed by atoms with Gasteiger partial charge in [-0.2, -0.15) is 0 Å². The Balaban J connectivity index is 1.49. The van der Waals surface area contributed by atoms with Gasteiger partial charge in [-0.05, 0) is 60.5 Å². The van der Waals surface area contributed by atoms with Crippen LogP contribution in [-0.2, 0) is 11.3 Å². The van der Waals surface area contributed by atoms with E-state index in [4.69, 9.17) is 13.6 Å². The third kappa shape index (κ3) is 3.91. The number of carbonyl (C=O) groups is 1. The molecule has 4 aromatic rings. The molecule has 0 amide bonds. The van der Waals surface area contributed by atoms with Gasteiger partial charge in [0.25, 0.3) is 0 Å². The zero-order chi connectivity index (χ0) is 23.8. The van der Waals surface area contributed by atoms with Crippen LogP contribution in [0.1, 0.15) is 41.9 Å². The van der Waals surface area contributed by atoms with E-state index in [0.717, 1.165) is 45.5 Å². The summed E-state index contributed by atoms with van der Waals surface area (Å²) in [6, 6.07) is 23.5. The second-order valence-electron chi connectivity index (χ2n) is 8.97. The van der Waals surface area contributed by atoms with Crippen LogP contribution in [0.5, 0.6) is 5.75 Å². The highest BCUT2D eigenvalue weighted by Gasteiger charge is 2.41. The van der Waals surface area contributed by atoms with Gasteiger partial charge in [0.1, 0.15) is 23.3 Å². The number of ether oxygens (including phenoxy) is 1. The van der Waals surface area contributed by atoms with E-state index in [0.29, 0.717) is 19.4 Å². The monoisotopic (exact) mass is 466 g/mol. The van der Waals surface area contributed by atoms with E-state index in [1.165, 1.54) is 0 Å². The Kier molecular flexibility index (Phi) is 5.41. The Morgan fingerprint density at radius 3 is 2.37 bits per heavy atom. The quantitative estimate of drug-likeness (QED) is 0.364. The number of nitrogens with one attached hydrogen (secondary N) is 1. The van der Waals surface area contributed by atoms with E-state index < -0.39 is 0 Å². The van der Waals surface area contributed by atoms with Crippen molar-refractivity contribution in [1.29, 1.82) is 0 Å². The number of allylic oxidation sites excluding steroid dienone is 1. The number of ketones is 1. The number of rotatable bonds is 5. The summed E-state index contributed by atoms with van der Waals surface area (Å²) in [6.07, 6.45) is 4.43. The van der Waals surface area contributed by atoms with Gasteiger partial charge >= 0.3 is 0 Å². The molecule has 1 aliphatic heterocycles. The molecule has 1 aliphatic carbocycles. The first-order chi connectivity index (χ1) is 17.2. The molecule has 176 valence electrons. The van der Waals surface area contributed by atoms with E-state index in [-0.39, 0.29) is 17.7 Å². The van der Waals surface area contributed by atoms with Gasteiger partial charge in [-0.1, -0.05) is 24.3 Å². The molecule has 0 fully saturated rings. The van der Waals surface area contributed by atoms with Crippen LogP contribution in [0.25, 0.3) is 0 Å². The second-order valence-corrected chi connectivity index (χ2v) is 8.97. The van der Waals surface area contributed by atoms with Crippen LogP contribution in [0.2, 0.25) is 0 Å². The molecule has 0 saturated heterocycles. The Labute approximate surface area is 203 Å². The normalized spacial score (nSPS) is 19.6. The summed E-state index contributed by atoms with van der Waals surface area (Å²) < 4.78 is 17.0. The number of anilines is 2. The van der Waals surface area contributed by atoms with Crippen LogP contribution in [0.3, 0.4) is 0 Å². The molecule has 0 unspecified atom stereocenters. The molecule has 2 aromatic carbocycles. The minimum atomic E-state index is -0.358. The smallest absolute Gasteiger partial charge is 0.163 e. The third-order valence-corrected chi connectivity index (χ3v) is 6.86. The molecule has 6 nitrogen and oxygen atoms in total. The van der Waals surface area contributed by atoms with E-state index in [1.807, 2.05) is 48.5 Å². The minimum absolute atomic E-state index is 0.00121. The first-order valence-corrected chi connectivity index (χ1v) is 11.8. The van der Waals surface area contributed by atoms with Gasteiger partial charge in [-0.3, -0.25) is 4.79 Å². The topological polar surface area (TPSA) is 67.8 Å². The molecule has 0 saturated carbocycles. The Morgan fingerprint density at radius 2 is 1.66 bits per heavy atom. The number of hydrogen-bond acceptors (Lipinski definition) is 6. The predicted octanol–water partition coefficient (Wildman–Crippen LogP) is 6.46. The van der Waals surface area contributed by atoms with Crippen LogP contribution in [-0.4, -0.2) is 12.9 Å². The van der Waals surface area contributed by atoms with Gasteiger partial charge < -0.3 is 23.8 Å². The van der Waals surface area contributed by atoms with Crippen molar-refractivity contribution in [3.63, 3.8) is 0 Å². The molecular weight excluding hydrogens is 440 g/mol. The van der Waals surface area contributed by atoms with Gasteiger partial charge in [-0.25, -0.2) is 0 Å². The Bertz CT molecular complexity index is 1350. The van der Waals surface area contributed by atoms with Crippen LogP contribution < -0.4 is 15.0 Å². The van der Waals surface area contributed by atoms with Crippen LogP contribution in [0, 0.1) is 0 Å². The number of fused-ring (bicyclic) bond motifs is 1. The third-order valence-electron chi connectivity index (χ3n) is 6.86. The van der Waals surface area contributed by atoms with Crippen molar-refractivity contribution in [2.24, 2.45) is 0 Å². The molecule has 2 atom stereocenters. The lowest BCUT2D eigenvalue weighted by Crippen LogP contribution is -2.33. The maximum atomic E-state index is 13.8. The number of methoxy groups -OCH3 is 1. The Morgan fingerprint density at radius 1 is 0.914 bits per heavy atom. The molecular formula is C29H26N2O4. The summed E-state index contributed by atoms with van der Waals surface area (Å²) in [5.74, 6) is 2.50. The maximum Gasteiger partial charge on any atom is 0.163 e. The summed E-state index contributed by atoms with van der Waals surface area (Å²) in [4.78, 5) is 16.1. The van der Waals surface area contributed by atoms with Crippen LogP contribution in [0.4, 0.5) is 11.4 Å². The zero-order valence-corrected chi connectivity index (χ0v) is 19.4. The number of furan rings is 2. The first-order valence-electron chi connectivity index (χ1n) is 11.8. The average molecular weight is 467 g/mol. The molecule has 0 spiro atoms. The summed E-state index contributed by atoms with van der Waals surface area (Å²) in [5.41, 5.74) is 4.77. The lowest BCUT2D eigenvalue weighted by molar-refractivity contribution is -0.116. The second kappa shape index (κ2) is 8.87. The lowest BCUT2D eigenvalue weighted by atomic mass is 9.81. The van der Waals surface area contributed by atoms with E-state index >= 15 is 0 Å². The van der Waals surface area contributed by atoms with E-state index in [2.05, 4.69) is 34.5 Å². The summed E-state index contributed by atoms with van der Waals surface area (Å²) in [5, 5.41) is 3.62. The van der Waals surface area contributed by atoms with Crippen molar-refractivity contribution in [1.82, 2.24) is 0 Å². The Hall–Kier alpha value is -4.19. The number of Topliss-reactive ketones (excluding diaryl/α,β-unsaturated/α-hetero) is 1. The molecule has 0 radical (unpaired) electrons. The number of para-hydroxylation sites is 2. The van der Waals surface area contributed by atoms with Crippen LogP contribution in [0.15, 0.2) is 105 Å². The maximum absolute atomic E-state index is 13.8. The van der Waals surface area contributed by atoms with Gasteiger partial charge in [0.05, 0.1) is 31.0 Å². The fourth-order valence-electron chi connectivity index (χ4n) is 5.23. The van der Waals surface area contributed by atoms with Crippen molar-refractivity contribution in [2.75, 3.05) is 17.3 Å². The molecule has 2 aliphatic rings. The molecule has 0 bridgehead atoms. The van der Waals surface area contributed by atoms with Crippen molar-refractivity contribution >= 4 is 17.2 Å². The number of nitrogens with zero attached hydrogens (tertiary/aromatic N) is 1. The molecule has 35 heavy (non-hydrogen) atoms. The molecule has 1 N–H and O–H groups in total. The largest absolute Gasteiger partial charge is 0.497 e. The fraction of sp³-hybridized carbons (Fsp3) is 0.207. The van der Waals surface area contributed by atoms with Crippen LogP contribution >= 0.6 is 0 Å². The van der Waals surface area contributed by atoms with Crippen molar-refractivity contribution in [2.45, 2.75) is 31.3 Å². The average Bonchev–Trinajstić information content (AvgIpc) is 3.59. The highest BCUT2D eigenvalue weighted by Crippen LogP contribution is 2.47. The summed E-state index contributed by atoms with van der Waals surface area (Å²) in [7, 11) is 1.66. The van der Waals surface area contributed by atoms with Gasteiger partial charge in [0.15, 0.2) is 5.78 Å². The molecule has 2 aromatic heterocycles. The van der Waals surface area contributed by atoms with Gasteiger partial charge in [0, 0.05) is 30.2 Å². The van der Waals surface area contributed by atoms with Crippen molar-refractivity contribution in [3.05, 3.63) is 114 Å². The van der Waals surface area contributed by atoms with Gasteiger partial charge in [0.2, 0.25) is 0 Å². The standard InChI is InChI=1S/C29H26N2O4/c1-33-21-12-10-19(11-13-21)18-31-24-7-3-2-6-22(24)30-23-16-20(26-8-4-14-34-26)17-25(32)28(23)29(31)27-9-5-15-35-27/h2-15,20,29-30H,16-18H2,1H3/t20-,29-/m0/s1. The number of hydrogen-bond donors (Lipinski definition) is 1. The molecule has 6 rings (SSSR count). The van der Waals surface area contributed by atoms with Crippen molar-refractivity contribution in [3.8, 4) is 5.75 Å². The first kappa shape index (κ1) is 21.4. The SMILES string of the molecule is COc1ccc(CN2c3ccccc3NC3=C(C(=O)C[C@@H](c4ccco4)C3)[C@@H]2c2ccco2)cc1. The zero-order valence-electron chi connectivity index (χ0n) is 19.4. The number of benzene rings is 2. The number of carbonyl (C=O) groups excluding carboxylic acids is 1. The fourth-order valence-corrected chi connectivity index (χ4v) is 5.23. The highest BCUT2D eigenvalue weighted by molar-refractivity contribution is 6.01. The summed E-state index contributed by atoms with van der Waals surface area (Å²) in [6.45, 7) is 0.597. The summed E-state index contributed by atoms with van der Waals surface area (Å²) >= 11 is 0. The van der Waals surface area contributed by atoms with E-state index in [9.17, 15) is 4.79 Å².